The Labute approximate surface area is 232 Å². The summed E-state index contributed by atoms with van der Waals surface area (Å²) in [6.45, 7) is 4.05. The highest BCUT2D eigenvalue weighted by Gasteiger charge is 2.27. The quantitative estimate of drug-likeness (QED) is 0.303. The third kappa shape index (κ3) is 6.07. The number of carbonyl (C=O) groups excluding carboxylic acids is 1. The standard InChI is InChI=1S/C29H33N7O4/c1-3-19-16-26(38)36(23-10-6-20(7-11-23)31-25(37)17-27(39)40)28-24(19)18-30-29(33-28)32-21-4-8-22(9-5-21)35-14-12-34(2)13-15-35/h1,4-5,8-9,16,18,20,23H,6-7,10-15,17H2,2H3,(H,31,37)(H,39,40)(H,30,32,33). The lowest BCUT2D eigenvalue weighted by Crippen LogP contribution is -2.44. The van der Waals surface area contributed by atoms with Crippen LogP contribution in [0.1, 0.15) is 43.7 Å². The average Bonchev–Trinajstić information content (AvgIpc) is 2.93. The first-order chi connectivity index (χ1) is 19.3. The Bertz CT molecular complexity index is 1500. The fourth-order valence-corrected chi connectivity index (χ4v) is 5.50. The predicted molar refractivity (Wildman–Crippen MR) is 153 cm³/mol. The van der Waals surface area contributed by atoms with Gasteiger partial charge in [-0.05, 0) is 57.0 Å². The number of amides is 1. The fraction of sp³-hybridized carbons (Fsp3) is 0.414. The Morgan fingerprint density at radius 2 is 1.80 bits per heavy atom. The Morgan fingerprint density at radius 1 is 1.10 bits per heavy atom. The van der Waals surface area contributed by atoms with Crippen molar-refractivity contribution in [2.45, 2.75) is 44.2 Å². The van der Waals surface area contributed by atoms with Crippen molar-refractivity contribution in [3.05, 3.63) is 52.4 Å². The molecule has 0 unspecified atom stereocenters. The molecule has 0 radical (unpaired) electrons. The van der Waals surface area contributed by atoms with Crippen molar-refractivity contribution < 1.29 is 14.7 Å². The number of benzene rings is 1. The van der Waals surface area contributed by atoms with Crippen LogP contribution >= 0.6 is 0 Å². The van der Waals surface area contributed by atoms with Gasteiger partial charge in [-0.15, -0.1) is 6.42 Å². The molecule has 1 amide bonds. The first kappa shape index (κ1) is 27.1. The first-order valence-electron chi connectivity index (χ1n) is 13.5. The molecule has 11 heteroatoms. The molecule has 1 aliphatic heterocycles. The Hall–Kier alpha value is -4.43. The van der Waals surface area contributed by atoms with E-state index in [4.69, 9.17) is 16.5 Å². The van der Waals surface area contributed by atoms with Gasteiger partial charge in [0, 0.05) is 67.5 Å². The van der Waals surface area contributed by atoms with Crippen molar-refractivity contribution in [3.8, 4) is 12.3 Å². The number of rotatable bonds is 7. The van der Waals surface area contributed by atoms with Crippen LogP contribution in [-0.2, 0) is 9.59 Å². The molecule has 1 aliphatic carbocycles. The molecule has 1 saturated carbocycles. The summed E-state index contributed by atoms with van der Waals surface area (Å²) in [7, 11) is 2.13. The van der Waals surface area contributed by atoms with Gasteiger partial charge in [0.2, 0.25) is 11.9 Å². The third-order valence-corrected chi connectivity index (χ3v) is 7.68. The second kappa shape index (κ2) is 11.8. The van der Waals surface area contributed by atoms with Gasteiger partial charge in [-0.1, -0.05) is 5.92 Å². The minimum Gasteiger partial charge on any atom is -0.481 e. The number of fused-ring (bicyclic) bond motifs is 1. The highest BCUT2D eigenvalue weighted by atomic mass is 16.4. The summed E-state index contributed by atoms with van der Waals surface area (Å²) in [5.41, 5.74) is 2.66. The van der Waals surface area contributed by atoms with Gasteiger partial charge in [-0.2, -0.15) is 4.98 Å². The zero-order valence-corrected chi connectivity index (χ0v) is 22.5. The predicted octanol–water partition coefficient (Wildman–Crippen LogP) is 2.34. The SMILES string of the molecule is C#Cc1cc(=O)n(C2CCC(NC(=O)CC(=O)O)CC2)c2nc(Nc3ccc(N4CCN(C)CC4)cc3)ncc12. The van der Waals surface area contributed by atoms with E-state index in [2.05, 4.69) is 50.5 Å². The lowest BCUT2D eigenvalue weighted by Gasteiger charge is -2.34. The lowest BCUT2D eigenvalue weighted by molar-refractivity contribution is -0.140. The zero-order chi connectivity index (χ0) is 28.2. The van der Waals surface area contributed by atoms with Crippen LogP contribution < -0.4 is 21.1 Å². The van der Waals surface area contributed by atoms with Crippen LogP contribution in [0.5, 0.6) is 0 Å². The van der Waals surface area contributed by atoms with Crippen molar-refractivity contribution in [2.24, 2.45) is 0 Å². The van der Waals surface area contributed by atoms with Crippen LogP contribution in [0, 0.1) is 12.3 Å². The number of nitrogens with one attached hydrogen (secondary N) is 2. The van der Waals surface area contributed by atoms with Crippen LogP contribution in [0.15, 0.2) is 41.3 Å². The van der Waals surface area contributed by atoms with Gasteiger partial charge in [0.15, 0.2) is 0 Å². The molecule has 3 aromatic rings. The summed E-state index contributed by atoms with van der Waals surface area (Å²) in [4.78, 5) is 49.8. The largest absolute Gasteiger partial charge is 0.481 e. The van der Waals surface area contributed by atoms with Crippen molar-refractivity contribution in [3.63, 3.8) is 0 Å². The number of aromatic nitrogens is 3. The van der Waals surface area contributed by atoms with Gasteiger partial charge in [0.05, 0.1) is 5.39 Å². The number of pyridine rings is 1. The van der Waals surface area contributed by atoms with E-state index < -0.39 is 18.3 Å². The number of piperazine rings is 1. The molecule has 2 fully saturated rings. The smallest absolute Gasteiger partial charge is 0.312 e. The number of hydrogen-bond acceptors (Lipinski definition) is 8. The monoisotopic (exact) mass is 543 g/mol. The third-order valence-electron chi connectivity index (χ3n) is 7.68. The Balaban J connectivity index is 1.35. The number of nitrogens with zero attached hydrogens (tertiary/aromatic N) is 5. The van der Waals surface area contributed by atoms with E-state index in [1.165, 1.54) is 11.8 Å². The number of carboxylic acids is 1. The molecule has 11 nitrogen and oxygen atoms in total. The van der Waals surface area contributed by atoms with Crippen molar-refractivity contribution in [2.75, 3.05) is 43.4 Å². The summed E-state index contributed by atoms with van der Waals surface area (Å²) < 4.78 is 1.68. The van der Waals surface area contributed by atoms with Crippen LogP contribution in [0.2, 0.25) is 0 Å². The molecular formula is C29H33N7O4. The minimum absolute atomic E-state index is 0.129. The molecular weight excluding hydrogens is 510 g/mol. The summed E-state index contributed by atoms with van der Waals surface area (Å²) in [6.07, 6.45) is 9.29. The normalized spacial score (nSPS) is 19.6. The molecule has 1 aromatic carbocycles. The van der Waals surface area contributed by atoms with Crippen LogP contribution in [0.4, 0.5) is 17.3 Å². The maximum absolute atomic E-state index is 13.2. The van der Waals surface area contributed by atoms with E-state index in [0.29, 0.717) is 48.2 Å². The van der Waals surface area contributed by atoms with Gasteiger partial charge in [0.1, 0.15) is 12.1 Å². The van der Waals surface area contributed by atoms with E-state index in [1.807, 2.05) is 12.1 Å². The topological polar surface area (TPSA) is 133 Å². The Kier molecular flexibility index (Phi) is 7.98. The number of hydrogen-bond donors (Lipinski definition) is 3. The molecule has 1 saturated heterocycles. The van der Waals surface area contributed by atoms with Crippen LogP contribution in [-0.4, -0.2) is 75.7 Å². The molecule has 0 atom stereocenters. The maximum atomic E-state index is 13.2. The van der Waals surface area contributed by atoms with Gasteiger partial charge in [-0.25, -0.2) is 4.98 Å². The number of aliphatic carboxylic acids is 1. The van der Waals surface area contributed by atoms with Gasteiger partial charge in [0.25, 0.3) is 5.56 Å². The summed E-state index contributed by atoms with van der Waals surface area (Å²) >= 11 is 0. The molecule has 40 heavy (non-hydrogen) atoms. The molecule has 5 rings (SSSR count). The molecule has 3 N–H and O–H groups in total. The molecule has 0 bridgehead atoms. The fourth-order valence-electron chi connectivity index (χ4n) is 5.50. The lowest BCUT2D eigenvalue weighted by atomic mass is 9.90. The number of carboxylic acid groups (broad SMARTS) is 1. The first-order valence-corrected chi connectivity index (χ1v) is 13.5. The minimum atomic E-state index is -1.16. The number of anilines is 3. The Morgan fingerprint density at radius 3 is 2.45 bits per heavy atom. The summed E-state index contributed by atoms with van der Waals surface area (Å²) in [5.74, 6) is 1.27. The van der Waals surface area contributed by atoms with Gasteiger partial charge in [-0.3, -0.25) is 19.0 Å². The van der Waals surface area contributed by atoms with Crippen LogP contribution in [0.25, 0.3) is 11.0 Å². The summed E-state index contributed by atoms with van der Waals surface area (Å²) in [5, 5.41) is 15.5. The van der Waals surface area contributed by atoms with E-state index in [-0.39, 0.29) is 17.6 Å². The molecule has 2 aromatic heterocycles. The molecule has 3 heterocycles. The maximum Gasteiger partial charge on any atom is 0.312 e. The second-order valence-corrected chi connectivity index (χ2v) is 10.4. The van der Waals surface area contributed by atoms with E-state index in [1.54, 1.807) is 10.8 Å². The molecule has 0 spiro atoms. The van der Waals surface area contributed by atoms with E-state index in [9.17, 15) is 14.4 Å². The zero-order valence-electron chi connectivity index (χ0n) is 22.5. The number of likely N-dealkylation sites (N-methyl/N-ethyl adjacent to an activating group) is 1. The number of carbonyl (C=O) groups is 2. The second-order valence-electron chi connectivity index (χ2n) is 10.4. The number of terminal acetylenes is 1. The average molecular weight is 544 g/mol. The van der Waals surface area contributed by atoms with Gasteiger partial charge < -0.3 is 25.5 Å². The van der Waals surface area contributed by atoms with Crippen molar-refractivity contribution in [1.29, 1.82) is 0 Å². The van der Waals surface area contributed by atoms with Gasteiger partial charge >= 0.3 is 5.97 Å². The summed E-state index contributed by atoms with van der Waals surface area (Å²) in [6, 6.07) is 9.31. The highest BCUT2D eigenvalue weighted by molar-refractivity contribution is 5.93. The molecule has 2 aliphatic rings. The van der Waals surface area contributed by atoms with Crippen LogP contribution in [0.3, 0.4) is 0 Å². The van der Waals surface area contributed by atoms with E-state index >= 15 is 0 Å². The molecule has 208 valence electrons. The van der Waals surface area contributed by atoms with E-state index in [0.717, 1.165) is 31.9 Å². The van der Waals surface area contributed by atoms with Crippen molar-refractivity contribution >= 4 is 40.2 Å². The van der Waals surface area contributed by atoms with Crippen molar-refractivity contribution in [1.82, 2.24) is 24.8 Å². The highest BCUT2D eigenvalue weighted by Crippen LogP contribution is 2.31.